The maximum atomic E-state index is 12.0. The summed E-state index contributed by atoms with van der Waals surface area (Å²) in [6.07, 6.45) is 5.95. The average molecular weight is 752 g/mol. The third-order valence-corrected chi connectivity index (χ3v) is 11.0. The standard InChI is InChI=1S/C42H46ClN5O6/c1-51-37-20-29(21-38(52-2)34(37)24-44-23-28-14-16-39(49)46-28)48-18-17-31-30(7-6-10-36(31)48)32-8-5-9-33(40(32)43)35-15-12-26(41(47-35)53-3)22-45-27-13-11-25(19-27)42(50)54-4/h5-10,12,15,17-18,20-21,25,27-28,44-45H,11,13-14,16,19,22-24H2,1-4H3,(H,46,49)/t25?,27-,28-/m0/s1. The zero-order valence-corrected chi connectivity index (χ0v) is 31.8. The molecular formula is C42H46ClN5O6. The lowest BCUT2D eigenvalue weighted by atomic mass is 9.98. The minimum atomic E-state index is -0.138. The van der Waals surface area contributed by atoms with Crippen molar-refractivity contribution in [1.82, 2.24) is 25.5 Å². The summed E-state index contributed by atoms with van der Waals surface area (Å²) in [7, 11) is 6.39. The molecule has 1 amide bonds. The Balaban J connectivity index is 1.13. The number of nitrogens with zero attached hydrogens (tertiary/aromatic N) is 2. The van der Waals surface area contributed by atoms with Gasteiger partial charge in [0, 0.05) is 78.5 Å². The molecule has 54 heavy (non-hydrogen) atoms. The van der Waals surface area contributed by atoms with Gasteiger partial charge in [-0.25, -0.2) is 4.98 Å². The van der Waals surface area contributed by atoms with Crippen LogP contribution < -0.4 is 30.2 Å². The Morgan fingerprint density at radius 3 is 2.39 bits per heavy atom. The number of rotatable bonds is 14. The topological polar surface area (TPSA) is 125 Å². The van der Waals surface area contributed by atoms with E-state index in [-0.39, 0.29) is 29.9 Å². The van der Waals surface area contributed by atoms with Crippen LogP contribution in [0.25, 0.3) is 39.0 Å². The van der Waals surface area contributed by atoms with E-state index in [1.165, 1.54) is 7.11 Å². The number of hydrogen-bond acceptors (Lipinski definition) is 9. The Hall–Kier alpha value is -5.10. The molecule has 0 bridgehead atoms. The molecule has 3 aromatic carbocycles. The van der Waals surface area contributed by atoms with Crippen molar-refractivity contribution >= 4 is 34.4 Å². The Kier molecular flexibility index (Phi) is 11.4. The fraction of sp³-hybridized carbons (Fsp3) is 0.357. The van der Waals surface area contributed by atoms with Gasteiger partial charge in [-0.1, -0.05) is 48.0 Å². The molecule has 1 unspecified atom stereocenters. The maximum absolute atomic E-state index is 12.0. The Bertz CT molecular complexity index is 2140. The summed E-state index contributed by atoms with van der Waals surface area (Å²) in [6.45, 7) is 1.77. The number of nitrogens with one attached hydrogen (secondary N) is 3. The highest BCUT2D eigenvalue weighted by Gasteiger charge is 2.30. The van der Waals surface area contributed by atoms with Crippen molar-refractivity contribution in [3.05, 3.63) is 89.1 Å². The van der Waals surface area contributed by atoms with Crippen molar-refractivity contribution in [3.8, 4) is 45.5 Å². The predicted molar refractivity (Wildman–Crippen MR) is 209 cm³/mol. The van der Waals surface area contributed by atoms with E-state index in [9.17, 15) is 9.59 Å². The van der Waals surface area contributed by atoms with Gasteiger partial charge in [-0.3, -0.25) is 9.59 Å². The summed E-state index contributed by atoms with van der Waals surface area (Å²) >= 11 is 7.23. The number of benzene rings is 3. The average Bonchev–Trinajstić information content (AvgIpc) is 3.97. The van der Waals surface area contributed by atoms with E-state index in [0.717, 1.165) is 70.1 Å². The molecule has 0 radical (unpaired) electrons. The first kappa shape index (κ1) is 37.2. The Labute approximate surface area is 320 Å². The van der Waals surface area contributed by atoms with E-state index < -0.39 is 0 Å². The van der Waals surface area contributed by atoms with E-state index >= 15 is 0 Å². The second-order valence-electron chi connectivity index (χ2n) is 13.8. The highest BCUT2D eigenvalue weighted by atomic mass is 35.5. The van der Waals surface area contributed by atoms with Gasteiger partial charge in [-0.2, -0.15) is 0 Å². The quantitative estimate of drug-likeness (QED) is 0.105. The summed E-state index contributed by atoms with van der Waals surface area (Å²) in [4.78, 5) is 28.5. The van der Waals surface area contributed by atoms with Crippen molar-refractivity contribution in [1.29, 1.82) is 0 Å². The van der Waals surface area contributed by atoms with E-state index in [4.69, 9.17) is 35.5 Å². The lowest BCUT2D eigenvalue weighted by Crippen LogP contribution is -2.35. The third kappa shape index (κ3) is 7.62. The van der Waals surface area contributed by atoms with Crippen LogP contribution in [0.4, 0.5) is 0 Å². The predicted octanol–water partition coefficient (Wildman–Crippen LogP) is 6.84. The van der Waals surface area contributed by atoms with Crippen LogP contribution in [-0.4, -0.2) is 68.5 Å². The molecule has 7 rings (SSSR count). The molecule has 1 saturated heterocycles. The van der Waals surface area contributed by atoms with Crippen LogP contribution in [0.5, 0.6) is 17.4 Å². The first-order valence-electron chi connectivity index (χ1n) is 18.3. The van der Waals surface area contributed by atoms with Crippen LogP contribution in [0.3, 0.4) is 0 Å². The van der Waals surface area contributed by atoms with Gasteiger partial charge in [0.2, 0.25) is 11.8 Å². The molecule has 1 aliphatic heterocycles. The molecule has 3 atom stereocenters. The molecule has 282 valence electrons. The molecule has 12 heteroatoms. The minimum Gasteiger partial charge on any atom is -0.496 e. The van der Waals surface area contributed by atoms with Gasteiger partial charge in [-0.15, -0.1) is 0 Å². The summed E-state index contributed by atoms with van der Waals surface area (Å²) in [5.74, 6) is 1.84. The van der Waals surface area contributed by atoms with Gasteiger partial charge < -0.3 is 39.5 Å². The van der Waals surface area contributed by atoms with Crippen LogP contribution in [-0.2, 0) is 27.4 Å². The van der Waals surface area contributed by atoms with Crippen LogP contribution in [0.1, 0.15) is 43.2 Å². The van der Waals surface area contributed by atoms with Gasteiger partial charge in [-0.05, 0) is 49.4 Å². The first-order valence-corrected chi connectivity index (χ1v) is 18.7. The van der Waals surface area contributed by atoms with Gasteiger partial charge in [0.25, 0.3) is 0 Å². The third-order valence-electron chi connectivity index (χ3n) is 10.6. The lowest BCUT2D eigenvalue weighted by Gasteiger charge is -2.18. The zero-order chi connectivity index (χ0) is 37.8. The van der Waals surface area contributed by atoms with Crippen LogP contribution in [0, 0.1) is 5.92 Å². The molecule has 1 aliphatic carbocycles. The van der Waals surface area contributed by atoms with E-state index in [2.05, 4.69) is 38.7 Å². The molecule has 3 N–H and O–H groups in total. The Morgan fingerprint density at radius 2 is 1.67 bits per heavy atom. The van der Waals surface area contributed by atoms with Crippen LogP contribution in [0.2, 0.25) is 5.02 Å². The van der Waals surface area contributed by atoms with Crippen LogP contribution >= 0.6 is 11.6 Å². The monoisotopic (exact) mass is 751 g/mol. The molecule has 2 aromatic heterocycles. The number of hydrogen-bond donors (Lipinski definition) is 3. The Morgan fingerprint density at radius 1 is 0.907 bits per heavy atom. The number of carbonyl (C=O) groups excluding carboxylic acids is 2. The number of amides is 1. The summed E-state index contributed by atoms with van der Waals surface area (Å²) in [6, 6.07) is 22.7. The fourth-order valence-corrected chi connectivity index (χ4v) is 8.11. The van der Waals surface area contributed by atoms with Gasteiger partial charge >= 0.3 is 5.97 Å². The highest BCUT2D eigenvalue weighted by Crippen LogP contribution is 2.41. The van der Waals surface area contributed by atoms with E-state index in [0.29, 0.717) is 54.2 Å². The van der Waals surface area contributed by atoms with Gasteiger partial charge in [0.15, 0.2) is 0 Å². The maximum Gasteiger partial charge on any atom is 0.308 e. The summed E-state index contributed by atoms with van der Waals surface area (Å²) in [5.41, 5.74) is 7.12. The molecule has 2 aliphatic rings. The number of esters is 1. The minimum absolute atomic E-state index is 0.0554. The number of methoxy groups -OCH3 is 4. The fourth-order valence-electron chi connectivity index (χ4n) is 7.78. The van der Waals surface area contributed by atoms with Crippen molar-refractivity contribution in [2.75, 3.05) is 35.0 Å². The number of aromatic nitrogens is 2. The first-order chi connectivity index (χ1) is 26.3. The lowest BCUT2D eigenvalue weighted by molar-refractivity contribution is -0.145. The van der Waals surface area contributed by atoms with E-state index in [1.807, 2.05) is 54.7 Å². The van der Waals surface area contributed by atoms with Gasteiger partial charge in [0.05, 0.1) is 61.8 Å². The second kappa shape index (κ2) is 16.5. The smallest absolute Gasteiger partial charge is 0.308 e. The number of ether oxygens (including phenoxy) is 4. The van der Waals surface area contributed by atoms with Gasteiger partial charge in [0.1, 0.15) is 11.5 Å². The molecule has 5 aromatic rings. The number of fused-ring (bicyclic) bond motifs is 1. The number of pyridine rings is 1. The molecule has 0 spiro atoms. The zero-order valence-electron chi connectivity index (χ0n) is 31.0. The number of carbonyl (C=O) groups is 2. The van der Waals surface area contributed by atoms with Crippen molar-refractivity contribution in [2.24, 2.45) is 5.92 Å². The normalized spacial score (nSPS) is 18.2. The molecule has 11 nitrogen and oxygen atoms in total. The number of halogens is 1. The van der Waals surface area contributed by atoms with Crippen molar-refractivity contribution < 1.29 is 28.5 Å². The molecular weight excluding hydrogens is 706 g/mol. The van der Waals surface area contributed by atoms with E-state index in [1.54, 1.807) is 21.3 Å². The summed E-state index contributed by atoms with van der Waals surface area (Å²) < 4.78 is 24.5. The van der Waals surface area contributed by atoms with Crippen LogP contribution in [0.15, 0.2) is 72.9 Å². The summed E-state index contributed by atoms with van der Waals surface area (Å²) in [5, 5.41) is 11.6. The van der Waals surface area contributed by atoms with Crippen molar-refractivity contribution in [2.45, 2.75) is 57.3 Å². The second-order valence-corrected chi connectivity index (χ2v) is 14.2. The largest absolute Gasteiger partial charge is 0.496 e. The molecule has 1 saturated carbocycles. The molecule has 3 heterocycles. The van der Waals surface area contributed by atoms with Crippen molar-refractivity contribution in [3.63, 3.8) is 0 Å². The highest BCUT2D eigenvalue weighted by molar-refractivity contribution is 6.36. The SMILES string of the molecule is COC(=O)C1CC[C@H](NCc2ccc(-c3cccc(-c4cccc5c4ccn5-c4cc(OC)c(CNC[C@@H]5CCC(=O)N5)c(OC)c4)c3Cl)nc2OC)C1. The molecule has 2 fully saturated rings.